The largest absolute Gasteiger partial charge is 0.500 e. The van der Waals surface area contributed by atoms with Crippen LogP contribution < -0.4 is 5.73 Å². The summed E-state index contributed by atoms with van der Waals surface area (Å²) in [6.07, 6.45) is 0.895. The van der Waals surface area contributed by atoms with Crippen molar-refractivity contribution in [2.45, 2.75) is 33.2 Å². The first kappa shape index (κ1) is 18.2. The Balaban J connectivity index is 0. The molecule has 0 amide bonds. The second kappa shape index (κ2) is 11.3. The fourth-order valence-electron chi connectivity index (χ4n) is 1.32. The first-order valence-electron chi connectivity index (χ1n) is 5.36. The minimum absolute atomic E-state index is 0. The predicted octanol–water partition coefficient (Wildman–Crippen LogP) is 1.00. The molecule has 0 saturated carbocycles. The van der Waals surface area contributed by atoms with E-state index in [1.165, 1.54) is 0 Å². The van der Waals surface area contributed by atoms with E-state index in [1.807, 2.05) is 20.8 Å². The molecule has 0 atom stereocenters. The van der Waals surface area contributed by atoms with Gasteiger partial charge in [0, 0.05) is 49.8 Å². The van der Waals surface area contributed by atoms with E-state index >= 15 is 0 Å². The number of hydrogen-bond donors (Lipinski definition) is 1. The maximum Gasteiger partial charge on any atom is 0.500 e. The van der Waals surface area contributed by atoms with Gasteiger partial charge in [0.05, 0.1) is 0 Å². The van der Waals surface area contributed by atoms with Crippen LogP contribution in [0.1, 0.15) is 27.2 Å². The van der Waals surface area contributed by atoms with Crippen LogP contribution in [0.4, 0.5) is 0 Å². The van der Waals surface area contributed by atoms with Crippen molar-refractivity contribution in [1.82, 2.24) is 0 Å². The van der Waals surface area contributed by atoms with Crippen molar-refractivity contribution >= 4 is 32.7 Å². The Morgan fingerprint density at radius 3 is 1.60 bits per heavy atom. The standard InChI is InChI=1S/C9H23NO3Si.Sn/c1-4-11-14(12-5-2,13-6-3)9-7-8-10;/h4-10H2,1-3H3;. The molecule has 15 heavy (non-hydrogen) atoms. The van der Waals surface area contributed by atoms with Crippen molar-refractivity contribution in [3.05, 3.63) is 0 Å². The van der Waals surface area contributed by atoms with Crippen LogP contribution in [-0.2, 0) is 13.3 Å². The van der Waals surface area contributed by atoms with Gasteiger partial charge in [0.15, 0.2) is 0 Å². The van der Waals surface area contributed by atoms with Crippen molar-refractivity contribution in [3.8, 4) is 0 Å². The molecule has 90 valence electrons. The van der Waals surface area contributed by atoms with Crippen molar-refractivity contribution < 1.29 is 13.3 Å². The van der Waals surface area contributed by atoms with Crippen molar-refractivity contribution in [2.24, 2.45) is 5.73 Å². The van der Waals surface area contributed by atoms with Crippen LogP contribution in [0.5, 0.6) is 0 Å². The molecule has 6 heteroatoms. The van der Waals surface area contributed by atoms with E-state index in [4.69, 9.17) is 19.0 Å². The molecule has 0 aromatic rings. The van der Waals surface area contributed by atoms with Crippen LogP contribution in [-0.4, -0.2) is 59.1 Å². The molecule has 0 unspecified atom stereocenters. The van der Waals surface area contributed by atoms with Gasteiger partial charge >= 0.3 is 8.80 Å². The molecule has 4 radical (unpaired) electrons. The Kier molecular flexibility index (Phi) is 13.8. The minimum atomic E-state index is -2.40. The summed E-state index contributed by atoms with van der Waals surface area (Å²) >= 11 is 0. The summed E-state index contributed by atoms with van der Waals surface area (Å²) < 4.78 is 17.0. The molecule has 0 aliphatic rings. The molecule has 0 bridgehead atoms. The van der Waals surface area contributed by atoms with Gasteiger partial charge in [-0.3, -0.25) is 0 Å². The van der Waals surface area contributed by atoms with Gasteiger partial charge in [-0.1, -0.05) is 0 Å². The summed E-state index contributed by atoms with van der Waals surface area (Å²) in [5.74, 6) is 0. The summed E-state index contributed by atoms with van der Waals surface area (Å²) in [6, 6.07) is 0.818. The third kappa shape index (κ3) is 7.70. The van der Waals surface area contributed by atoms with Crippen LogP contribution in [0.2, 0.25) is 6.04 Å². The Bertz CT molecular complexity index is 124. The molecule has 0 fully saturated rings. The van der Waals surface area contributed by atoms with E-state index < -0.39 is 8.80 Å². The van der Waals surface area contributed by atoms with Gasteiger partial charge in [-0.2, -0.15) is 0 Å². The van der Waals surface area contributed by atoms with E-state index in [0.717, 1.165) is 12.5 Å². The van der Waals surface area contributed by atoms with E-state index in [1.54, 1.807) is 0 Å². The van der Waals surface area contributed by atoms with Crippen LogP contribution in [0.25, 0.3) is 0 Å². The second-order valence-electron chi connectivity index (χ2n) is 2.87. The summed E-state index contributed by atoms with van der Waals surface area (Å²) in [7, 11) is -2.40. The first-order valence-corrected chi connectivity index (χ1v) is 7.29. The van der Waals surface area contributed by atoms with Crippen molar-refractivity contribution in [1.29, 1.82) is 0 Å². The van der Waals surface area contributed by atoms with E-state index in [-0.39, 0.29) is 23.9 Å². The third-order valence-electron chi connectivity index (χ3n) is 1.78. The molecular weight excluding hydrogens is 317 g/mol. The average Bonchev–Trinajstić information content (AvgIpc) is 2.16. The Hall–Kier alpha value is 0.856. The van der Waals surface area contributed by atoms with Gasteiger partial charge in [-0.05, 0) is 33.7 Å². The molecule has 0 heterocycles. The third-order valence-corrected chi connectivity index (χ3v) is 4.93. The molecule has 0 spiro atoms. The first-order chi connectivity index (χ1) is 6.74. The fraction of sp³-hybridized carbons (Fsp3) is 1.00. The van der Waals surface area contributed by atoms with Gasteiger partial charge in [-0.25, -0.2) is 0 Å². The Morgan fingerprint density at radius 2 is 1.33 bits per heavy atom. The molecule has 0 aliphatic heterocycles. The number of hydrogen-bond acceptors (Lipinski definition) is 4. The summed E-state index contributed by atoms with van der Waals surface area (Å²) in [4.78, 5) is 0. The average molecular weight is 340 g/mol. The number of rotatable bonds is 9. The van der Waals surface area contributed by atoms with Crippen LogP contribution in [0.15, 0.2) is 0 Å². The molecular formula is C9H23NO3SiSn. The van der Waals surface area contributed by atoms with E-state index in [2.05, 4.69) is 0 Å². The minimum Gasteiger partial charge on any atom is -0.374 e. The normalized spacial score (nSPS) is 11.2. The summed E-state index contributed by atoms with van der Waals surface area (Å²) in [6.45, 7) is 8.44. The fourth-order valence-corrected chi connectivity index (χ4v) is 3.96. The van der Waals surface area contributed by atoms with Crippen molar-refractivity contribution in [3.63, 3.8) is 0 Å². The van der Waals surface area contributed by atoms with Gasteiger partial charge in [-0.15, -0.1) is 0 Å². The van der Waals surface area contributed by atoms with Crippen LogP contribution in [0, 0.1) is 0 Å². The topological polar surface area (TPSA) is 53.7 Å². The van der Waals surface area contributed by atoms with Crippen LogP contribution >= 0.6 is 0 Å². The smallest absolute Gasteiger partial charge is 0.374 e. The molecule has 0 rings (SSSR count). The van der Waals surface area contributed by atoms with Gasteiger partial charge in [0.2, 0.25) is 0 Å². The zero-order valence-corrected chi connectivity index (χ0v) is 13.9. The van der Waals surface area contributed by atoms with Crippen molar-refractivity contribution in [2.75, 3.05) is 26.4 Å². The van der Waals surface area contributed by atoms with Gasteiger partial charge < -0.3 is 19.0 Å². The molecule has 2 N–H and O–H groups in total. The number of nitrogens with two attached hydrogens (primary N) is 1. The summed E-state index contributed by atoms with van der Waals surface area (Å²) in [5, 5.41) is 0. The maximum atomic E-state index is 5.65. The maximum absolute atomic E-state index is 5.65. The van der Waals surface area contributed by atoms with Crippen LogP contribution in [0.3, 0.4) is 0 Å². The molecule has 4 nitrogen and oxygen atoms in total. The Morgan fingerprint density at radius 1 is 0.933 bits per heavy atom. The molecule has 0 aromatic heterocycles. The SMILES string of the molecule is CCO[Si](CCCN)(OCC)OCC.[Sn]. The predicted molar refractivity (Wildman–Crippen MR) is 64.9 cm³/mol. The zero-order chi connectivity index (χ0) is 10.9. The van der Waals surface area contributed by atoms with E-state index in [0.29, 0.717) is 26.4 Å². The zero-order valence-electron chi connectivity index (χ0n) is 10.0. The molecule has 0 aliphatic carbocycles. The second-order valence-corrected chi connectivity index (χ2v) is 5.61. The molecule has 0 saturated heterocycles. The monoisotopic (exact) mass is 341 g/mol. The van der Waals surface area contributed by atoms with E-state index in [9.17, 15) is 0 Å². The van der Waals surface area contributed by atoms with Gasteiger partial charge in [0.1, 0.15) is 0 Å². The van der Waals surface area contributed by atoms with Gasteiger partial charge in [0.25, 0.3) is 0 Å². The Labute approximate surface area is 111 Å². The molecule has 0 aromatic carbocycles. The quantitative estimate of drug-likeness (QED) is 0.637. The summed E-state index contributed by atoms with van der Waals surface area (Å²) in [5.41, 5.74) is 5.48.